The second kappa shape index (κ2) is 5.97. The normalized spacial score (nSPS) is 16.9. The van der Waals surface area contributed by atoms with Crippen LogP contribution in [0.1, 0.15) is 34.1 Å². The van der Waals surface area contributed by atoms with E-state index in [2.05, 4.69) is 42.3 Å². The van der Waals surface area contributed by atoms with Gasteiger partial charge in [-0.25, -0.2) is 0 Å². The quantitative estimate of drug-likeness (QED) is 0.632. The van der Waals surface area contributed by atoms with Gasteiger partial charge in [0.25, 0.3) is 0 Å². The average Bonchev–Trinajstić information content (AvgIpc) is 1.98. The zero-order valence-corrected chi connectivity index (χ0v) is 9.38. The molecule has 0 aliphatic carbocycles. The van der Waals surface area contributed by atoms with Crippen LogP contribution < -0.4 is 5.32 Å². The van der Waals surface area contributed by atoms with Gasteiger partial charge < -0.3 is 5.32 Å². The van der Waals surface area contributed by atoms with Crippen LogP contribution in [0.2, 0.25) is 0 Å². The van der Waals surface area contributed by atoms with E-state index in [4.69, 9.17) is 0 Å². The molecule has 1 nitrogen and oxygen atoms in total. The lowest BCUT2D eigenvalue weighted by Crippen LogP contribution is -2.40. The van der Waals surface area contributed by atoms with Crippen molar-refractivity contribution in [2.24, 2.45) is 5.92 Å². The molecule has 0 aromatic heterocycles. The summed E-state index contributed by atoms with van der Waals surface area (Å²) >= 11 is 0. The van der Waals surface area contributed by atoms with E-state index >= 15 is 0 Å². The van der Waals surface area contributed by atoms with E-state index < -0.39 is 0 Å². The molecule has 11 heavy (non-hydrogen) atoms. The third kappa shape index (κ3) is 4.76. The molecule has 1 unspecified atom stereocenters. The summed E-state index contributed by atoms with van der Waals surface area (Å²) in [4.78, 5) is 0. The van der Waals surface area contributed by atoms with Crippen molar-refractivity contribution >= 4 is 9.24 Å². The molecule has 3 atom stereocenters. The minimum Gasteiger partial charge on any atom is -0.311 e. The monoisotopic (exact) mass is 175 g/mol. The molecular formula is C9H22NP. The second-order valence-electron chi connectivity index (χ2n) is 3.55. The van der Waals surface area contributed by atoms with Crippen LogP contribution in [0.25, 0.3) is 0 Å². The van der Waals surface area contributed by atoms with Crippen molar-refractivity contribution in [1.82, 2.24) is 5.32 Å². The predicted molar refractivity (Wildman–Crippen MR) is 56.1 cm³/mol. The summed E-state index contributed by atoms with van der Waals surface area (Å²) in [6.45, 7) is 8.97. The Morgan fingerprint density at radius 2 is 1.82 bits per heavy atom. The largest absolute Gasteiger partial charge is 0.311 e. The van der Waals surface area contributed by atoms with Crippen LogP contribution in [-0.2, 0) is 0 Å². The Labute approximate surface area is 73.5 Å². The van der Waals surface area contributed by atoms with Gasteiger partial charge in [0.2, 0.25) is 0 Å². The molecule has 0 amide bonds. The molecule has 0 radical (unpaired) electrons. The van der Waals surface area contributed by atoms with Crippen LogP contribution in [0.3, 0.4) is 0 Å². The van der Waals surface area contributed by atoms with Gasteiger partial charge in [0.15, 0.2) is 0 Å². The van der Waals surface area contributed by atoms with Gasteiger partial charge in [0.1, 0.15) is 0 Å². The molecule has 0 saturated carbocycles. The van der Waals surface area contributed by atoms with E-state index in [-0.39, 0.29) is 0 Å². The van der Waals surface area contributed by atoms with Crippen molar-refractivity contribution in [1.29, 1.82) is 0 Å². The van der Waals surface area contributed by atoms with Crippen molar-refractivity contribution in [3.8, 4) is 0 Å². The molecule has 0 bridgehead atoms. The third-order valence-corrected chi connectivity index (χ3v) is 2.64. The highest BCUT2D eigenvalue weighted by Crippen LogP contribution is 2.10. The first-order valence-corrected chi connectivity index (χ1v) is 5.39. The number of nitrogens with one attached hydrogen (secondary N) is 1. The van der Waals surface area contributed by atoms with Crippen LogP contribution in [0.5, 0.6) is 0 Å². The molecule has 2 heteroatoms. The fourth-order valence-corrected chi connectivity index (χ4v) is 1.78. The molecule has 0 aromatic carbocycles. The predicted octanol–water partition coefficient (Wildman–Crippen LogP) is 2.27. The smallest absolute Gasteiger partial charge is 0.0129 e. The van der Waals surface area contributed by atoms with Gasteiger partial charge in [0, 0.05) is 12.1 Å². The fraction of sp³-hybridized carbons (Fsp3) is 1.00. The van der Waals surface area contributed by atoms with Gasteiger partial charge in [-0.2, -0.15) is 0 Å². The van der Waals surface area contributed by atoms with Crippen LogP contribution in [0.15, 0.2) is 0 Å². The topological polar surface area (TPSA) is 12.0 Å². The van der Waals surface area contributed by atoms with Crippen LogP contribution in [0, 0.1) is 5.92 Å². The van der Waals surface area contributed by atoms with E-state index in [9.17, 15) is 0 Å². The molecule has 0 rings (SSSR count). The van der Waals surface area contributed by atoms with E-state index in [0.717, 1.165) is 12.1 Å². The highest BCUT2D eigenvalue weighted by molar-refractivity contribution is 7.16. The summed E-state index contributed by atoms with van der Waals surface area (Å²) in [5.41, 5.74) is 0. The molecular weight excluding hydrogens is 153 g/mol. The molecule has 0 spiro atoms. The standard InChI is InChI=1S/C9H22NP/c1-5-8(4)9(6-11)10-7(2)3/h7-10H,5-6,11H2,1-4H3/t8-,9+/m0/s1. The van der Waals surface area contributed by atoms with Crippen molar-refractivity contribution in [3.05, 3.63) is 0 Å². The molecule has 0 aliphatic heterocycles. The summed E-state index contributed by atoms with van der Waals surface area (Å²) in [5.74, 6) is 0.787. The Morgan fingerprint density at radius 1 is 1.27 bits per heavy atom. The van der Waals surface area contributed by atoms with Crippen LogP contribution in [-0.4, -0.2) is 18.2 Å². The third-order valence-electron chi connectivity index (χ3n) is 2.13. The number of hydrogen-bond acceptors (Lipinski definition) is 1. The lowest BCUT2D eigenvalue weighted by molar-refractivity contribution is 0.371. The lowest BCUT2D eigenvalue weighted by atomic mass is 10.0. The highest BCUT2D eigenvalue weighted by Gasteiger charge is 2.13. The Kier molecular flexibility index (Phi) is 6.18. The highest BCUT2D eigenvalue weighted by atomic mass is 31.0. The van der Waals surface area contributed by atoms with E-state index in [0.29, 0.717) is 12.1 Å². The van der Waals surface area contributed by atoms with Crippen molar-refractivity contribution in [2.75, 3.05) is 6.16 Å². The fourth-order valence-electron chi connectivity index (χ4n) is 1.18. The minimum absolute atomic E-state index is 0.606. The molecule has 68 valence electrons. The molecule has 1 N–H and O–H groups in total. The Hall–Kier alpha value is 0.390. The maximum atomic E-state index is 3.56. The van der Waals surface area contributed by atoms with E-state index in [1.807, 2.05) is 0 Å². The van der Waals surface area contributed by atoms with Gasteiger partial charge in [-0.15, -0.1) is 9.24 Å². The van der Waals surface area contributed by atoms with Crippen molar-refractivity contribution in [2.45, 2.75) is 46.2 Å². The van der Waals surface area contributed by atoms with Crippen molar-refractivity contribution in [3.63, 3.8) is 0 Å². The summed E-state index contributed by atoms with van der Waals surface area (Å²) in [5, 5.41) is 3.56. The van der Waals surface area contributed by atoms with Gasteiger partial charge in [0.05, 0.1) is 0 Å². The van der Waals surface area contributed by atoms with Gasteiger partial charge in [-0.1, -0.05) is 34.1 Å². The van der Waals surface area contributed by atoms with Gasteiger partial charge in [-0.3, -0.25) is 0 Å². The first kappa shape index (κ1) is 11.4. The summed E-state index contributed by atoms with van der Waals surface area (Å²) in [6, 6.07) is 1.28. The van der Waals surface area contributed by atoms with Gasteiger partial charge in [-0.05, 0) is 12.1 Å². The van der Waals surface area contributed by atoms with Crippen molar-refractivity contribution < 1.29 is 0 Å². The maximum absolute atomic E-state index is 3.56. The molecule has 0 heterocycles. The first-order valence-electron chi connectivity index (χ1n) is 4.57. The average molecular weight is 175 g/mol. The van der Waals surface area contributed by atoms with Gasteiger partial charge >= 0.3 is 0 Å². The molecule has 0 fully saturated rings. The van der Waals surface area contributed by atoms with Crippen LogP contribution in [0.4, 0.5) is 0 Å². The summed E-state index contributed by atoms with van der Waals surface area (Å²) in [7, 11) is 2.82. The molecule has 0 aromatic rings. The minimum atomic E-state index is 0.606. The number of hydrogen-bond donors (Lipinski definition) is 1. The Morgan fingerprint density at radius 3 is 2.09 bits per heavy atom. The molecule has 0 aliphatic rings. The van der Waals surface area contributed by atoms with E-state index in [1.54, 1.807) is 0 Å². The van der Waals surface area contributed by atoms with Crippen LogP contribution >= 0.6 is 9.24 Å². The number of rotatable bonds is 5. The van der Waals surface area contributed by atoms with E-state index in [1.165, 1.54) is 6.42 Å². The lowest BCUT2D eigenvalue weighted by Gasteiger charge is -2.24. The second-order valence-corrected chi connectivity index (χ2v) is 4.02. The SMILES string of the molecule is CC[C@H](C)[C@@H](CP)NC(C)C. The summed E-state index contributed by atoms with van der Waals surface area (Å²) < 4.78 is 0. The zero-order valence-electron chi connectivity index (χ0n) is 8.22. The Balaban J connectivity index is 3.74. The molecule has 0 saturated heterocycles. The summed E-state index contributed by atoms with van der Waals surface area (Å²) in [6.07, 6.45) is 2.42. The zero-order chi connectivity index (χ0) is 8.85. The first-order chi connectivity index (χ1) is 5.11. The maximum Gasteiger partial charge on any atom is 0.0129 e. The Bertz CT molecular complexity index is 93.6.